The van der Waals surface area contributed by atoms with Crippen LogP contribution in [0.3, 0.4) is 0 Å². The number of halogens is 1. The first-order chi connectivity index (χ1) is 13.6. The number of aliphatic hydroxyl groups is 1. The highest BCUT2D eigenvalue weighted by atomic mass is 35.5. The molecule has 2 aliphatic heterocycles. The predicted octanol–water partition coefficient (Wildman–Crippen LogP) is 3.42. The number of aliphatic hydroxyl groups excluding tert-OH is 1. The van der Waals surface area contributed by atoms with Gasteiger partial charge in [0, 0.05) is 43.9 Å². The van der Waals surface area contributed by atoms with E-state index in [4.69, 9.17) is 26.3 Å². The van der Waals surface area contributed by atoms with Crippen molar-refractivity contribution in [2.24, 2.45) is 0 Å². The number of ether oxygens (including phenoxy) is 2. The summed E-state index contributed by atoms with van der Waals surface area (Å²) >= 11 is 6.10. The lowest BCUT2D eigenvalue weighted by molar-refractivity contribution is -0.00197. The number of β-amino-alcohol motifs (C(OH)–C–C–N with tert-alkyl or cyclic N) is 1. The Balaban J connectivity index is 1.26. The first kappa shape index (κ1) is 19.1. The fourth-order valence-corrected chi connectivity index (χ4v) is 4.24. The monoisotopic (exact) mass is 398 g/mol. The van der Waals surface area contributed by atoms with E-state index in [9.17, 15) is 5.11 Å². The highest BCUT2D eigenvalue weighted by Crippen LogP contribution is 2.41. The van der Waals surface area contributed by atoms with E-state index in [0.717, 1.165) is 43.1 Å². The van der Waals surface area contributed by atoms with Gasteiger partial charge >= 0.3 is 0 Å². The lowest BCUT2D eigenvalue weighted by Gasteiger charge is -2.39. The number of benzene rings is 2. The number of rotatable bonds is 5. The Labute approximate surface area is 170 Å². The summed E-state index contributed by atoms with van der Waals surface area (Å²) in [5.74, 6) is 1.46. The third-order valence-corrected chi connectivity index (χ3v) is 5.77. The molecule has 0 amide bonds. The van der Waals surface area contributed by atoms with Gasteiger partial charge in [0.1, 0.15) is 35.9 Å². The molecular weight excluding hydrogens is 376 g/mol. The summed E-state index contributed by atoms with van der Waals surface area (Å²) in [6.45, 7) is 2.45. The minimum absolute atomic E-state index is 0.142. The molecule has 2 heterocycles. The van der Waals surface area contributed by atoms with E-state index in [0.29, 0.717) is 17.9 Å². The van der Waals surface area contributed by atoms with Crippen LogP contribution in [0.2, 0.25) is 5.02 Å². The summed E-state index contributed by atoms with van der Waals surface area (Å²) < 4.78 is 11.9. The van der Waals surface area contributed by atoms with E-state index in [1.807, 2.05) is 24.3 Å². The van der Waals surface area contributed by atoms with Crippen LogP contribution >= 0.6 is 11.6 Å². The van der Waals surface area contributed by atoms with Gasteiger partial charge in [-0.2, -0.15) is 5.26 Å². The summed E-state index contributed by atoms with van der Waals surface area (Å²) in [6, 6.07) is 15.0. The zero-order chi connectivity index (χ0) is 19.6. The SMILES string of the molecule is N#Cc1ccccc1OC[C@@H](O)CN1CCC2(CC1)Cc1cc(Cl)ccc1O2. The third-order valence-electron chi connectivity index (χ3n) is 5.54. The number of nitriles is 1. The van der Waals surface area contributed by atoms with Crippen LogP contribution in [0.15, 0.2) is 42.5 Å². The maximum atomic E-state index is 10.4. The molecule has 0 aromatic heterocycles. The number of fused-ring (bicyclic) bond motifs is 1. The van der Waals surface area contributed by atoms with Crippen LogP contribution in [0, 0.1) is 11.3 Å². The van der Waals surface area contributed by atoms with Crippen molar-refractivity contribution in [1.82, 2.24) is 4.90 Å². The van der Waals surface area contributed by atoms with Crippen LogP contribution in [0.4, 0.5) is 0 Å². The molecule has 0 saturated carbocycles. The lowest BCUT2D eigenvalue weighted by Crippen LogP contribution is -2.49. The Morgan fingerprint density at radius 3 is 2.82 bits per heavy atom. The standard InChI is InChI=1S/C22H23ClN2O3/c23-18-5-6-21-17(11-18)12-22(28-21)7-9-25(10-8-22)14-19(26)15-27-20-4-2-1-3-16(20)13-24/h1-6,11,19,26H,7-10,12,14-15H2/t19-/m0/s1. The minimum atomic E-state index is -0.610. The topological polar surface area (TPSA) is 65.7 Å². The van der Waals surface area contributed by atoms with Crippen molar-refractivity contribution < 1.29 is 14.6 Å². The summed E-state index contributed by atoms with van der Waals surface area (Å²) in [4.78, 5) is 2.24. The van der Waals surface area contributed by atoms with E-state index in [1.165, 1.54) is 5.56 Å². The first-order valence-corrected chi connectivity index (χ1v) is 9.94. The van der Waals surface area contributed by atoms with Crippen molar-refractivity contribution in [3.05, 3.63) is 58.6 Å². The highest BCUT2D eigenvalue weighted by Gasteiger charge is 2.42. The van der Waals surface area contributed by atoms with E-state index < -0.39 is 6.10 Å². The number of piperidine rings is 1. The number of hydrogen-bond donors (Lipinski definition) is 1. The molecular formula is C22H23ClN2O3. The highest BCUT2D eigenvalue weighted by molar-refractivity contribution is 6.30. The van der Waals surface area contributed by atoms with Crippen molar-refractivity contribution >= 4 is 11.6 Å². The Bertz CT molecular complexity index is 888. The zero-order valence-corrected chi connectivity index (χ0v) is 16.4. The van der Waals surface area contributed by atoms with Crippen molar-refractivity contribution in [1.29, 1.82) is 5.26 Å². The molecule has 2 aromatic carbocycles. The van der Waals surface area contributed by atoms with Gasteiger partial charge in [-0.1, -0.05) is 23.7 Å². The number of para-hydroxylation sites is 1. The smallest absolute Gasteiger partial charge is 0.137 e. The maximum absolute atomic E-state index is 10.4. The Morgan fingerprint density at radius 2 is 2.04 bits per heavy atom. The van der Waals surface area contributed by atoms with Crippen LogP contribution in [0.5, 0.6) is 11.5 Å². The van der Waals surface area contributed by atoms with E-state index in [1.54, 1.807) is 18.2 Å². The first-order valence-electron chi connectivity index (χ1n) is 9.57. The quantitative estimate of drug-likeness (QED) is 0.835. The lowest BCUT2D eigenvalue weighted by atomic mass is 9.87. The van der Waals surface area contributed by atoms with Crippen molar-refractivity contribution in [2.75, 3.05) is 26.2 Å². The fraction of sp³-hybridized carbons (Fsp3) is 0.409. The zero-order valence-electron chi connectivity index (χ0n) is 15.6. The molecule has 1 N–H and O–H groups in total. The summed E-state index contributed by atoms with van der Waals surface area (Å²) in [6.07, 6.45) is 2.13. The Hall–Kier alpha value is -2.26. The van der Waals surface area contributed by atoms with Crippen LogP contribution < -0.4 is 9.47 Å². The largest absolute Gasteiger partial charge is 0.489 e. The Kier molecular flexibility index (Phi) is 5.45. The molecule has 1 atom stereocenters. The maximum Gasteiger partial charge on any atom is 0.137 e. The second kappa shape index (κ2) is 8.00. The van der Waals surface area contributed by atoms with Crippen molar-refractivity contribution in [3.8, 4) is 17.6 Å². The Morgan fingerprint density at radius 1 is 1.25 bits per heavy atom. The molecule has 5 nitrogen and oxygen atoms in total. The predicted molar refractivity (Wildman–Crippen MR) is 107 cm³/mol. The summed E-state index contributed by atoms with van der Waals surface area (Å²) in [5, 5.41) is 20.2. The van der Waals surface area contributed by atoms with Gasteiger partial charge < -0.3 is 19.5 Å². The number of likely N-dealkylation sites (tertiary alicyclic amines) is 1. The van der Waals surface area contributed by atoms with Crippen molar-refractivity contribution in [3.63, 3.8) is 0 Å². The third kappa shape index (κ3) is 4.10. The van der Waals surface area contributed by atoms with Gasteiger partial charge in [0.25, 0.3) is 0 Å². The molecule has 2 aliphatic rings. The average Bonchev–Trinajstić information content (AvgIpc) is 3.05. The molecule has 0 bridgehead atoms. The van der Waals surface area contributed by atoms with Crippen molar-refractivity contribution in [2.45, 2.75) is 31.0 Å². The van der Waals surface area contributed by atoms with Gasteiger partial charge in [0.2, 0.25) is 0 Å². The second-order valence-corrected chi connectivity index (χ2v) is 8.02. The molecule has 1 fully saturated rings. The molecule has 146 valence electrons. The molecule has 6 heteroatoms. The van der Waals surface area contributed by atoms with Gasteiger partial charge in [-0.05, 0) is 35.9 Å². The van der Waals surface area contributed by atoms with Gasteiger partial charge in [0.15, 0.2) is 0 Å². The van der Waals surface area contributed by atoms with Crippen LogP contribution in [0.25, 0.3) is 0 Å². The van der Waals surface area contributed by atoms with Crippen LogP contribution in [-0.2, 0) is 6.42 Å². The molecule has 0 unspecified atom stereocenters. The van der Waals surface area contributed by atoms with E-state index in [2.05, 4.69) is 11.0 Å². The molecule has 28 heavy (non-hydrogen) atoms. The van der Waals surface area contributed by atoms with Gasteiger partial charge in [0.05, 0.1) is 5.56 Å². The van der Waals surface area contributed by atoms with Crippen LogP contribution in [0.1, 0.15) is 24.0 Å². The normalized spacial score (nSPS) is 18.9. The summed E-state index contributed by atoms with van der Waals surface area (Å²) in [7, 11) is 0. The minimum Gasteiger partial charge on any atom is -0.489 e. The van der Waals surface area contributed by atoms with E-state index in [-0.39, 0.29) is 12.2 Å². The molecule has 0 aliphatic carbocycles. The van der Waals surface area contributed by atoms with Crippen LogP contribution in [-0.4, -0.2) is 48.0 Å². The number of hydrogen-bond acceptors (Lipinski definition) is 5. The van der Waals surface area contributed by atoms with Gasteiger partial charge in [-0.25, -0.2) is 0 Å². The van der Waals surface area contributed by atoms with Gasteiger partial charge in [-0.15, -0.1) is 0 Å². The molecule has 0 radical (unpaired) electrons. The van der Waals surface area contributed by atoms with Gasteiger partial charge in [-0.3, -0.25) is 0 Å². The molecule has 1 saturated heterocycles. The average molecular weight is 399 g/mol. The second-order valence-electron chi connectivity index (χ2n) is 7.59. The fourth-order valence-electron chi connectivity index (χ4n) is 4.05. The summed E-state index contributed by atoms with van der Waals surface area (Å²) in [5.41, 5.74) is 1.52. The molecule has 2 aromatic rings. The molecule has 4 rings (SSSR count). The number of nitrogens with zero attached hydrogens (tertiary/aromatic N) is 2. The molecule has 1 spiro atoms. The van der Waals surface area contributed by atoms with E-state index >= 15 is 0 Å².